The molecule has 2 rings (SSSR count). The highest BCUT2D eigenvalue weighted by molar-refractivity contribution is 6.34. The highest BCUT2D eigenvalue weighted by Gasteiger charge is 2.08. The molecule has 0 aliphatic rings. The number of aromatic hydroxyl groups is 1. The van der Waals surface area contributed by atoms with Gasteiger partial charge in [0.15, 0.2) is 11.5 Å². The molecule has 0 aromatic heterocycles. The Morgan fingerprint density at radius 3 is 2.18 bits per heavy atom. The number of hydrogen-bond acceptors (Lipinski definition) is 2. The van der Waals surface area contributed by atoms with Gasteiger partial charge in [-0.05, 0) is 24.3 Å². The van der Waals surface area contributed by atoms with Crippen molar-refractivity contribution in [3.05, 3.63) is 51.5 Å². The van der Waals surface area contributed by atoms with E-state index in [1.54, 1.807) is 30.3 Å². The molecule has 2 aromatic carbocycles. The van der Waals surface area contributed by atoms with Crippen LogP contribution in [0.3, 0.4) is 0 Å². The first-order valence-electron chi connectivity index (χ1n) is 4.67. The van der Waals surface area contributed by atoms with Gasteiger partial charge in [-0.3, -0.25) is 0 Å². The number of rotatable bonds is 2. The van der Waals surface area contributed by atoms with Gasteiger partial charge in [0.2, 0.25) is 0 Å². The summed E-state index contributed by atoms with van der Waals surface area (Å²) >= 11 is 17.5. The number of benzene rings is 2. The summed E-state index contributed by atoms with van der Waals surface area (Å²) in [5.41, 5.74) is 0. The SMILES string of the molecule is Oc1cc(Cl)ccc1Oc1cc(Cl)ccc1Cl. The Bertz CT molecular complexity index is 555. The highest BCUT2D eigenvalue weighted by atomic mass is 35.5. The van der Waals surface area contributed by atoms with Gasteiger partial charge < -0.3 is 9.84 Å². The summed E-state index contributed by atoms with van der Waals surface area (Å²) in [7, 11) is 0. The summed E-state index contributed by atoms with van der Waals surface area (Å²) in [6.07, 6.45) is 0. The molecule has 1 N–H and O–H groups in total. The van der Waals surface area contributed by atoms with Gasteiger partial charge >= 0.3 is 0 Å². The lowest BCUT2D eigenvalue weighted by atomic mass is 10.3. The van der Waals surface area contributed by atoms with E-state index in [1.807, 2.05) is 0 Å². The topological polar surface area (TPSA) is 29.5 Å². The Labute approximate surface area is 113 Å². The molecule has 17 heavy (non-hydrogen) atoms. The first-order chi connectivity index (χ1) is 8.06. The second kappa shape index (κ2) is 5.05. The molecule has 0 bridgehead atoms. The Hall–Kier alpha value is -1.09. The van der Waals surface area contributed by atoms with E-state index in [-0.39, 0.29) is 11.5 Å². The molecule has 0 unspecified atom stereocenters. The van der Waals surface area contributed by atoms with E-state index in [1.165, 1.54) is 6.07 Å². The predicted octanol–water partition coefficient (Wildman–Crippen LogP) is 5.14. The Balaban J connectivity index is 2.34. The number of ether oxygens (including phenoxy) is 1. The summed E-state index contributed by atoms with van der Waals surface area (Å²) in [4.78, 5) is 0. The van der Waals surface area contributed by atoms with Crippen molar-refractivity contribution in [2.75, 3.05) is 0 Å². The zero-order valence-corrected chi connectivity index (χ0v) is 10.7. The van der Waals surface area contributed by atoms with Gasteiger partial charge in [0.05, 0.1) is 5.02 Å². The van der Waals surface area contributed by atoms with Crippen LogP contribution in [-0.4, -0.2) is 5.11 Å². The second-order valence-corrected chi connectivity index (χ2v) is 4.57. The van der Waals surface area contributed by atoms with Crippen LogP contribution in [0.15, 0.2) is 36.4 Å². The molecule has 88 valence electrons. The van der Waals surface area contributed by atoms with Crippen molar-refractivity contribution in [3.8, 4) is 17.2 Å². The minimum atomic E-state index is -0.0615. The minimum absolute atomic E-state index is 0.0615. The van der Waals surface area contributed by atoms with Crippen molar-refractivity contribution in [2.24, 2.45) is 0 Å². The second-order valence-electron chi connectivity index (χ2n) is 3.29. The van der Waals surface area contributed by atoms with Crippen molar-refractivity contribution in [1.82, 2.24) is 0 Å². The van der Waals surface area contributed by atoms with Gasteiger partial charge in [0.1, 0.15) is 5.75 Å². The average Bonchev–Trinajstić information content (AvgIpc) is 2.27. The van der Waals surface area contributed by atoms with Crippen LogP contribution >= 0.6 is 34.8 Å². The molecule has 2 nitrogen and oxygen atoms in total. The van der Waals surface area contributed by atoms with Gasteiger partial charge in [-0.15, -0.1) is 0 Å². The zero-order valence-electron chi connectivity index (χ0n) is 8.45. The van der Waals surface area contributed by atoms with Crippen LogP contribution in [0, 0.1) is 0 Å². The molecule has 0 fully saturated rings. The molecule has 0 amide bonds. The van der Waals surface area contributed by atoms with E-state index in [9.17, 15) is 5.11 Å². The van der Waals surface area contributed by atoms with Crippen molar-refractivity contribution in [3.63, 3.8) is 0 Å². The summed E-state index contributed by atoms with van der Waals surface area (Å²) in [5, 5.41) is 11.0. The van der Waals surface area contributed by atoms with Crippen LogP contribution in [0.5, 0.6) is 17.2 Å². The van der Waals surface area contributed by atoms with Crippen LogP contribution in [0.2, 0.25) is 15.1 Å². The molecule has 0 radical (unpaired) electrons. The van der Waals surface area contributed by atoms with Crippen molar-refractivity contribution in [2.45, 2.75) is 0 Å². The van der Waals surface area contributed by atoms with Crippen LogP contribution in [0.4, 0.5) is 0 Å². The molecular formula is C12H7Cl3O2. The van der Waals surface area contributed by atoms with Gasteiger partial charge in [0, 0.05) is 22.2 Å². The van der Waals surface area contributed by atoms with E-state index in [4.69, 9.17) is 39.5 Å². The van der Waals surface area contributed by atoms with E-state index < -0.39 is 0 Å². The lowest BCUT2D eigenvalue weighted by molar-refractivity contribution is 0.411. The normalized spacial score (nSPS) is 10.3. The maximum absolute atomic E-state index is 9.63. The van der Waals surface area contributed by atoms with Crippen molar-refractivity contribution in [1.29, 1.82) is 0 Å². The number of phenolic OH excluding ortho intramolecular Hbond substituents is 1. The van der Waals surface area contributed by atoms with E-state index in [0.717, 1.165) is 0 Å². The fourth-order valence-electron chi connectivity index (χ4n) is 1.25. The van der Waals surface area contributed by atoms with E-state index in [0.29, 0.717) is 20.8 Å². The third-order valence-corrected chi connectivity index (χ3v) is 2.82. The summed E-state index contributed by atoms with van der Waals surface area (Å²) in [5.74, 6) is 0.573. The largest absolute Gasteiger partial charge is 0.504 e. The third kappa shape index (κ3) is 2.97. The summed E-state index contributed by atoms with van der Waals surface area (Å²) < 4.78 is 5.45. The fourth-order valence-corrected chi connectivity index (χ4v) is 1.74. The lowest BCUT2D eigenvalue weighted by Gasteiger charge is -2.09. The smallest absolute Gasteiger partial charge is 0.169 e. The quantitative estimate of drug-likeness (QED) is 0.829. The molecule has 0 aliphatic carbocycles. The summed E-state index contributed by atoms with van der Waals surface area (Å²) in [6, 6.07) is 9.38. The number of halogens is 3. The monoisotopic (exact) mass is 288 g/mol. The summed E-state index contributed by atoms with van der Waals surface area (Å²) in [6.45, 7) is 0. The molecule has 0 saturated heterocycles. The Kier molecular flexibility index (Phi) is 3.67. The standard InChI is InChI=1S/C12H7Cl3O2/c13-7-2-4-11(10(16)5-7)17-12-6-8(14)1-3-9(12)15/h1-6,16H. The lowest BCUT2D eigenvalue weighted by Crippen LogP contribution is -1.86. The van der Waals surface area contributed by atoms with Gasteiger partial charge in [-0.2, -0.15) is 0 Å². The van der Waals surface area contributed by atoms with Crippen LogP contribution in [0.1, 0.15) is 0 Å². The van der Waals surface area contributed by atoms with Gasteiger partial charge in [-0.25, -0.2) is 0 Å². The van der Waals surface area contributed by atoms with Gasteiger partial charge in [0.25, 0.3) is 0 Å². The Morgan fingerprint density at radius 2 is 1.47 bits per heavy atom. The number of phenols is 1. The first-order valence-corrected chi connectivity index (χ1v) is 5.81. The molecule has 0 saturated carbocycles. The molecular weight excluding hydrogens is 282 g/mol. The Morgan fingerprint density at radius 1 is 0.824 bits per heavy atom. The highest BCUT2D eigenvalue weighted by Crippen LogP contribution is 2.36. The third-order valence-electron chi connectivity index (χ3n) is 2.03. The maximum atomic E-state index is 9.63. The zero-order chi connectivity index (χ0) is 12.4. The van der Waals surface area contributed by atoms with Crippen LogP contribution < -0.4 is 4.74 Å². The molecule has 0 spiro atoms. The molecule has 2 aromatic rings. The molecule has 5 heteroatoms. The maximum Gasteiger partial charge on any atom is 0.169 e. The van der Waals surface area contributed by atoms with Crippen LogP contribution in [-0.2, 0) is 0 Å². The van der Waals surface area contributed by atoms with Crippen molar-refractivity contribution >= 4 is 34.8 Å². The predicted molar refractivity (Wildman–Crippen MR) is 69.7 cm³/mol. The van der Waals surface area contributed by atoms with Crippen LogP contribution in [0.25, 0.3) is 0 Å². The van der Waals surface area contributed by atoms with Crippen molar-refractivity contribution < 1.29 is 9.84 Å². The first kappa shape index (κ1) is 12.4. The molecule has 0 atom stereocenters. The average molecular weight is 290 g/mol. The van der Waals surface area contributed by atoms with E-state index in [2.05, 4.69) is 0 Å². The minimum Gasteiger partial charge on any atom is -0.504 e. The van der Waals surface area contributed by atoms with Gasteiger partial charge in [-0.1, -0.05) is 34.8 Å². The molecule has 0 heterocycles. The number of hydrogen-bond donors (Lipinski definition) is 1. The fraction of sp³-hybridized carbons (Fsp3) is 0. The van der Waals surface area contributed by atoms with E-state index >= 15 is 0 Å². The molecule has 0 aliphatic heterocycles.